The van der Waals surface area contributed by atoms with Crippen molar-refractivity contribution in [2.24, 2.45) is 0 Å². The fourth-order valence-electron chi connectivity index (χ4n) is 3.15. The Morgan fingerprint density at radius 3 is 2.70 bits per heavy atom. The lowest BCUT2D eigenvalue weighted by molar-refractivity contribution is -0.384. The number of carboxylic acids is 1. The van der Waals surface area contributed by atoms with Crippen molar-refractivity contribution in [3.05, 3.63) is 69.3 Å². The number of carbonyl (C=O) groups is 2. The Balaban J connectivity index is 1.59. The van der Waals surface area contributed by atoms with E-state index in [0.717, 1.165) is 11.1 Å². The molecule has 8 nitrogen and oxygen atoms in total. The van der Waals surface area contributed by atoms with Crippen molar-refractivity contribution in [2.45, 2.75) is 19.4 Å². The predicted octanol–water partition coefficient (Wildman–Crippen LogP) is 2.68. The van der Waals surface area contributed by atoms with Gasteiger partial charge < -0.3 is 15.3 Å². The van der Waals surface area contributed by atoms with Gasteiger partial charge in [-0.15, -0.1) is 0 Å². The van der Waals surface area contributed by atoms with E-state index in [1.165, 1.54) is 6.07 Å². The molecule has 0 unspecified atom stereocenters. The molecule has 1 amide bonds. The van der Waals surface area contributed by atoms with Crippen LogP contribution in [0.5, 0.6) is 0 Å². The van der Waals surface area contributed by atoms with Crippen LogP contribution in [0.15, 0.2) is 42.5 Å². The average molecular weight is 369 g/mol. The van der Waals surface area contributed by atoms with E-state index < -0.39 is 10.9 Å². The molecule has 2 aromatic carbocycles. The van der Waals surface area contributed by atoms with E-state index >= 15 is 0 Å². The number of nitro benzene ring substituents is 1. The van der Waals surface area contributed by atoms with Gasteiger partial charge in [-0.1, -0.05) is 18.2 Å². The van der Waals surface area contributed by atoms with E-state index in [1.54, 1.807) is 41.3 Å². The Kier molecular flexibility index (Phi) is 5.35. The third kappa shape index (κ3) is 4.22. The van der Waals surface area contributed by atoms with Crippen LogP contribution in [0.1, 0.15) is 27.9 Å². The van der Waals surface area contributed by atoms with Crippen LogP contribution in [0.2, 0.25) is 0 Å². The van der Waals surface area contributed by atoms with Gasteiger partial charge in [-0.2, -0.15) is 0 Å². The first kappa shape index (κ1) is 18.4. The lowest BCUT2D eigenvalue weighted by atomic mass is 9.97. The molecule has 0 saturated heterocycles. The van der Waals surface area contributed by atoms with Gasteiger partial charge in [0.1, 0.15) is 5.69 Å². The smallest absolute Gasteiger partial charge is 0.335 e. The van der Waals surface area contributed by atoms with Gasteiger partial charge in [0.15, 0.2) is 0 Å². The Labute approximate surface area is 155 Å². The monoisotopic (exact) mass is 369 g/mol. The number of nitrogens with zero attached hydrogens (tertiary/aromatic N) is 2. The lowest BCUT2D eigenvalue weighted by Crippen LogP contribution is -2.36. The third-order valence-electron chi connectivity index (χ3n) is 4.57. The van der Waals surface area contributed by atoms with Crippen LogP contribution in [0.25, 0.3) is 0 Å². The molecule has 2 N–H and O–H groups in total. The molecule has 0 radical (unpaired) electrons. The van der Waals surface area contributed by atoms with Gasteiger partial charge in [-0.3, -0.25) is 14.9 Å². The topological polar surface area (TPSA) is 113 Å². The van der Waals surface area contributed by atoms with Gasteiger partial charge in [0, 0.05) is 32.1 Å². The molecule has 2 aromatic rings. The van der Waals surface area contributed by atoms with E-state index in [0.29, 0.717) is 25.2 Å². The summed E-state index contributed by atoms with van der Waals surface area (Å²) in [7, 11) is 0. The Morgan fingerprint density at radius 1 is 1.19 bits per heavy atom. The predicted molar refractivity (Wildman–Crippen MR) is 98.7 cm³/mol. The van der Waals surface area contributed by atoms with Crippen molar-refractivity contribution in [1.82, 2.24) is 4.90 Å². The number of fused-ring (bicyclic) bond motifs is 1. The molecule has 0 saturated carbocycles. The van der Waals surface area contributed by atoms with Crippen molar-refractivity contribution in [3.63, 3.8) is 0 Å². The van der Waals surface area contributed by atoms with Crippen LogP contribution in [-0.2, 0) is 17.8 Å². The van der Waals surface area contributed by atoms with Crippen LogP contribution in [-0.4, -0.2) is 39.9 Å². The number of carbonyl (C=O) groups excluding carboxylic acids is 1. The number of nitro groups is 1. The fraction of sp³-hybridized carbons (Fsp3) is 0.263. The minimum Gasteiger partial charge on any atom is -0.478 e. The van der Waals surface area contributed by atoms with Crippen molar-refractivity contribution < 1.29 is 19.6 Å². The van der Waals surface area contributed by atoms with Crippen LogP contribution in [0, 0.1) is 10.1 Å². The molecular formula is C19H19N3O5. The third-order valence-corrected chi connectivity index (χ3v) is 4.57. The Morgan fingerprint density at radius 2 is 1.96 bits per heavy atom. The molecule has 8 heteroatoms. The molecule has 0 aliphatic carbocycles. The first-order valence-corrected chi connectivity index (χ1v) is 8.56. The van der Waals surface area contributed by atoms with Gasteiger partial charge in [-0.05, 0) is 35.7 Å². The fourth-order valence-corrected chi connectivity index (χ4v) is 3.15. The highest BCUT2D eigenvalue weighted by Gasteiger charge is 2.21. The van der Waals surface area contributed by atoms with Crippen LogP contribution in [0.3, 0.4) is 0 Å². The second-order valence-electron chi connectivity index (χ2n) is 6.30. The van der Waals surface area contributed by atoms with Gasteiger partial charge in [0.25, 0.3) is 5.69 Å². The second kappa shape index (κ2) is 7.86. The molecule has 140 valence electrons. The zero-order valence-electron chi connectivity index (χ0n) is 14.6. The van der Waals surface area contributed by atoms with E-state index in [-0.39, 0.29) is 30.1 Å². The summed E-state index contributed by atoms with van der Waals surface area (Å²) in [6, 6.07) is 11.3. The summed E-state index contributed by atoms with van der Waals surface area (Å²) in [6.45, 7) is 1.23. The lowest BCUT2D eigenvalue weighted by Gasteiger charge is -2.29. The highest BCUT2D eigenvalue weighted by molar-refractivity contribution is 5.88. The zero-order valence-corrected chi connectivity index (χ0v) is 14.6. The number of nitrogens with one attached hydrogen (secondary N) is 1. The van der Waals surface area contributed by atoms with Crippen LogP contribution < -0.4 is 5.32 Å². The number of carboxylic acid groups (broad SMARTS) is 1. The number of anilines is 1. The van der Waals surface area contributed by atoms with Gasteiger partial charge in [0.05, 0.1) is 10.5 Å². The first-order chi connectivity index (χ1) is 13.0. The highest BCUT2D eigenvalue weighted by atomic mass is 16.6. The van der Waals surface area contributed by atoms with E-state index in [1.807, 2.05) is 0 Å². The minimum absolute atomic E-state index is 0.0296. The quantitative estimate of drug-likeness (QED) is 0.598. The van der Waals surface area contributed by atoms with Gasteiger partial charge in [-0.25, -0.2) is 4.79 Å². The number of hydrogen-bond donors (Lipinski definition) is 2. The number of amides is 1. The summed E-state index contributed by atoms with van der Waals surface area (Å²) in [5, 5.41) is 23.1. The maximum Gasteiger partial charge on any atom is 0.335 e. The number of aromatic carboxylic acids is 1. The molecule has 0 spiro atoms. The highest BCUT2D eigenvalue weighted by Crippen LogP contribution is 2.24. The molecule has 0 bridgehead atoms. The van der Waals surface area contributed by atoms with E-state index in [9.17, 15) is 19.7 Å². The van der Waals surface area contributed by atoms with Crippen molar-refractivity contribution >= 4 is 23.3 Å². The SMILES string of the molecule is O=C(O)c1ccc2c(c1)CN(C(=O)CCNc1ccccc1[N+](=O)[O-])CC2. The Bertz CT molecular complexity index is 897. The molecule has 27 heavy (non-hydrogen) atoms. The Hall–Kier alpha value is -3.42. The minimum atomic E-state index is -0.991. The van der Waals surface area contributed by atoms with Crippen molar-refractivity contribution in [3.8, 4) is 0 Å². The zero-order chi connectivity index (χ0) is 19.4. The average Bonchev–Trinajstić information content (AvgIpc) is 2.67. The molecule has 1 heterocycles. The molecular weight excluding hydrogens is 350 g/mol. The second-order valence-corrected chi connectivity index (χ2v) is 6.30. The molecule has 1 aliphatic heterocycles. The summed E-state index contributed by atoms with van der Waals surface area (Å²) in [5.74, 6) is -1.07. The van der Waals surface area contributed by atoms with Gasteiger partial charge in [0.2, 0.25) is 5.91 Å². The maximum atomic E-state index is 12.5. The number of rotatable bonds is 6. The molecule has 0 aromatic heterocycles. The number of hydrogen-bond acceptors (Lipinski definition) is 5. The van der Waals surface area contributed by atoms with Crippen molar-refractivity contribution in [2.75, 3.05) is 18.4 Å². The molecule has 0 atom stereocenters. The molecule has 0 fully saturated rings. The van der Waals surface area contributed by atoms with E-state index in [4.69, 9.17) is 5.11 Å². The van der Waals surface area contributed by atoms with Crippen molar-refractivity contribution in [1.29, 1.82) is 0 Å². The summed E-state index contributed by atoms with van der Waals surface area (Å²) < 4.78 is 0. The normalized spacial score (nSPS) is 13.0. The van der Waals surface area contributed by atoms with Crippen LogP contribution in [0.4, 0.5) is 11.4 Å². The summed E-state index contributed by atoms with van der Waals surface area (Å²) in [4.78, 5) is 35.8. The summed E-state index contributed by atoms with van der Waals surface area (Å²) >= 11 is 0. The molecule has 1 aliphatic rings. The standard InChI is InChI=1S/C19H19N3O5/c23-18(7-9-20-16-3-1-2-4-17(16)22(26)27)21-10-8-13-5-6-14(19(24)25)11-15(13)12-21/h1-6,11,20H,7-10,12H2,(H,24,25). The van der Waals surface area contributed by atoms with E-state index in [2.05, 4.69) is 5.32 Å². The number of benzene rings is 2. The molecule has 3 rings (SSSR count). The number of para-hydroxylation sites is 2. The largest absolute Gasteiger partial charge is 0.478 e. The maximum absolute atomic E-state index is 12.5. The summed E-state index contributed by atoms with van der Waals surface area (Å²) in [6.07, 6.45) is 0.874. The first-order valence-electron chi connectivity index (χ1n) is 8.56. The summed E-state index contributed by atoms with van der Waals surface area (Å²) in [5.41, 5.74) is 2.47. The van der Waals surface area contributed by atoms with Crippen LogP contribution >= 0.6 is 0 Å². The van der Waals surface area contributed by atoms with Gasteiger partial charge >= 0.3 is 5.97 Å².